The summed E-state index contributed by atoms with van der Waals surface area (Å²) >= 11 is 0. The number of nitrogens with zero attached hydrogens (tertiary/aromatic N) is 1. The van der Waals surface area contributed by atoms with Gasteiger partial charge in [-0.05, 0) is 39.8 Å². The third-order valence-corrected chi connectivity index (χ3v) is 3.28. The molecule has 0 unspecified atom stereocenters. The maximum absolute atomic E-state index is 5.46. The number of ether oxygens (including phenoxy) is 2. The molecule has 4 nitrogen and oxygen atoms in total. The van der Waals surface area contributed by atoms with Crippen molar-refractivity contribution in [2.24, 2.45) is 0 Å². The zero-order chi connectivity index (χ0) is 12.3. The first kappa shape index (κ1) is 14.9. The highest BCUT2D eigenvalue weighted by Gasteiger charge is 2.20. The van der Waals surface area contributed by atoms with Gasteiger partial charge in [0.1, 0.15) is 0 Å². The van der Waals surface area contributed by atoms with Gasteiger partial charge in [0.05, 0.1) is 13.2 Å². The lowest BCUT2D eigenvalue weighted by Crippen LogP contribution is -2.45. The first-order valence-corrected chi connectivity index (χ1v) is 6.98. The molecule has 0 aromatic rings. The zero-order valence-electron chi connectivity index (χ0n) is 11.4. The summed E-state index contributed by atoms with van der Waals surface area (Å²) in [6.07, 6.45) is 2.50. The summed E-state index contributed by atoms with van der Waals surface area (Å²) in [5.74, 6) is 0. The Balaban J connectivity index is 2.27. The molecule has 0 radical (unpaired) electrons. The van der Waals surface area contributed by atoms with Gasteiger partial charge in [-0.3, -0.25) is 4.90 Å². The van der Waals surface area contributed by atoms with E-state index in [0.29, 0.717) is 6.04 Å². The van der Waals surface area contributed by atoms with Gasteiger partial charge in [-0.2, -0.15) is 0 Å². The summed E-state index contributed by atoms with van der Waals surface area (Å²) in [5, 5.41) is 3.41. The third-order valence-electron chi connectivity index (χ3n) is 3.28. The van der Waals surface area contributed by atoms with E-state index in [0.717, 1.165) is 52.6 Å². The van der Waals surface area contributed by atoms with Crippen LogP contribution in [-0.4, -0.2) is 63.5 Å². The molecular weight excluding hydrogens is 216 g/mol. The quantitative estimate of drug-likeness (QED) is 0.616. The van der Waals surface area contributed by atoms with Crippen molar-refractivity contribution in [1.29, 1.82) is 0 Å². The van der Waals surface area contributed by atoms with Crippen molar-refractivity contribution < 1.29 is 9.47 Å². The highest BCUT2D eigenvalue weighted by molar-refractivity contribution is 4.77. The Morgan fingerprint density at radius 1 is 1.00 bits per heavy atom. The molecule has 0 amide bonds. The van der Waals surface area contributed by atoms with E-state index in [2.05, 4.69) is 24.1 Å². The summed E-state index contributed by atoms with van der Waals surface area (Å²) in [6.45, 7) is 11.8. The minimum atomic E-state index is 0.706. The molecule has 1 rings (SSSR count). The molecule has 1 N–H and O–H groups in total. The minimum absolute atomic E-state index is 0.706. The van der Waals surface area contributed by atoms with Gasteiger partial charge in [0.25, 0.3) is 0 Å². The third kappa shape index (κ3) is 6.36. The minimum Gasteiger partial charge on any atom is -0.380 e. The van der Waals surface area contributed by atoms with Crippen molar-refractivity contribution >= 4 is 0 Å². The van der Waals surface area contributed by atoms with Crippen LogP contribution in [0.5, 0.6) is 0 Å². The molecule has 0 bridgehead atoms. The smallest absolute Gasteiger partial charge is 0.0593 e. The summed E-state index contributed by atoms with van der Waals surface area (Å²) in [6, 6.07) is 0.706. The molecule has 0 atom stereocenters. The van der Waals surface area contributed by atoms with E-state index in [-0.39, 0.29) is 0 Å². The summed E-state index contributed by atoms with van der Waals surface area (Å²) in [7, 11) is 0. The van der Waals surface area contributed by atoms with Crippen LogP contribution in [0.4, 0.5) is 0 Å². The maximum Gasteiger partial charge on any atom is 0.0593 e. The maximum atomic E-state index is 5.46. The number of nitrogens with one attached hydrogen (secondary N) is 1. The van der Waals surface area contributed by atoms with Gasteiger partial charge in [-0.15, -0.1) is 0 Å². The van der Waals surface area contributed by atoms with Gasteiger partial charge in [-0.25, -0.2) is 0 Å². The highest BCUT2D eigenvalue weighted by Crippen LogP contribution is 2.11. The fraction of sp³-hybridized carbons (Fsp3) is 1.00. The van der Waals surface area contributed by atoms with E-state index < -0.39 is 0 Å². The van der Waals surface area contributed by atoms with E-state index in [1.54, 1.807) is 0 Å². The van der Waals surface area contributed by atoms with Gasteiger partial charge in [-0.1, -0.05) is 0 Å². The van der Waals surface area contributed by atoms with Crippen molar-refractivity contribution in [2.45, 2.75) is 32.7 Å². The fourth-order valence-electron chi connectivity index (χ4n) is 2.30. The average molecular weight is 244 g/mol. The lowest BCUT2D eigenvalue weighted by Gasteiger charge is -2.34. The predicted molar refractivity (Wildman–Crippen MR) is 70.5 cm³/mol. The molecule has 4 heteroatoms. The van der Waals surface area contributed by atoms with Gasteiger partial charge >= 0.3 is 0 Å². The Morgan fingerprint density at radius 2 is 1.53 bits per heavy atom. The molecule has 0 aromatic heterocycles. The first-order chi connectivity index (χ1) is 8.38. The standard InChI is InChI=1S/C13H28N2O2/c1-3-16-11-9-15(10-12-17-4-2)13-5-7-14-8-6-13/h13-14H,3-12H2,1-2H3. The molecule has 0 aromatic carbocycles. The molecule has 1 saturated heterocycles. The second-order valence-electron chi connectivity index (χ2n) is 4.41. The lowest BCUT2D eigenvalue weighted by molar-refractivity contribution is 0.0548. The van der Waals surface area contributed by atoms with E-state index in [4.69, 9.17) is 9.47 Å². The lowest BCUT2D eigenvalue weighted by atomic mass is 10.0. The molecule has 0 spiro atoms. The molecule has 1 aliphatic heterocycles. The number of rotatable bonds is 9. The van der Waals surface area contributed by atoms with Gasteiger partial charge in [0.2, 0.25) is 0 Å². The van der Waals surface area contributed by atoms with Crippen LogP contribution in [0.25, 0.3) is 0 Å². The number of piperidine rings is 1. The Hall–Kier alpha value is -0.160. The van der Waals surface area contributed by atoms with Gasteiger partial charge in [0, 0.05) is 32.3 Å². The Morgan fingerprint density at radius 3 is 2.00 bits per heavy atom. The molecule has 0 aliphatic carbocycles. The molecule has 0 saturated carbocycles. The van der Waals surface area contributed by atoms with Crippen LogP contribution < -0.4 is 5.32 Å². The average Bonchev–Trinajstić information content (AvgIpc) is 2.38. The van der Waals surface area contributed by atoms with Gasteiger partial charge < -0.3 is 14.8 Å². The Labute approximate surface area is 106 Å². The second-order valence-corrected chi connectivity index (χ2v) is 4.41. The molecular formula is C13H28N2O2. The summed E-state index contributed by atoms with van der Waals surface area (Å²) in [4.78, 5) is 2.53. The van der Waals surface area contributed by atoms with Crippen LogP contribution in [0.1, 0.15) is 26.7 Å². The van der Waals surface area contributed by atoms with Crippen molar-refractivity contribution in [3.8, 4) is 0 Å². The van der Waals surface area contributed by atoms with Crippen LogP contribution in [0.2, 0.25) is 0 Å². The SMILES string of the molecule is CCOCCN(CCOCC)C1CCNCC1. The van der Waals surface area contributed by atoms with Crippen LogP contribution >= 0.6 is 0 Å². The van der Waals surface area contributed by atoms with Crippen molar-refractivity contribution in [3.05, 3.63) is 0 Å². The predicted octanol–water partition coefficient (Wildman–Crippen LogP) is 1.11. The molecule has 17 heavy (non-hydrogen) atoms. The van der Waals surface area contributed by atoms with Crippen molar-refractivity contribution in [1.82, 2.24) is 10.2 Å². The summed E-state index contributed by atoms with van der Waals surface area (Å²) < 4.78 is 10.9. The Kier molecular flexibility index (Phi) is 8.61. The number of hydrogen-bond donors (Lipinski definition) is 1. The summed E-state index contributed by atoms with van der Waals surface area (Å²) in [5.41, 5.74) is 0. The van der Waals surface area contributed by atoms with E-state index in [9.17, 15) is 0 Å². The molecule has 1 heterocycles. The second kappa shape index (κ2) is 9.83. The van der Waals surface area contributed by atoms with E-state index in [1.807, 2.05) is 0 Å². The van der Waals surface area contributed by atoms with Crippen molar-refractivity contribution in [3.63, 3.8) is 0 Å². The van der Waals surface area contributed by atoms with Gasteiger partial charge in [0.15, 0.2) is 0 Å². The molecule has 102 valence electrons. The zero-order valence-corrected chi connectivity index (χ0v) is 11.4. The largest absolute Gasteiger partial charge is 0.380 e. The van der Waals surface area contributed by atoms with Crippen LogP contribution in [0.15, 0.2) is 0 Å². The normalized spacial score (nSPS) is 17.8. The molecule has 1 aliphatic rings. The van der Waals surface area contributed by atoms with Crippen molar-refractivity contribution in [2.75, 3.05) is 52.6 Å². The van der Waals surface area contributed by atoms with Crippen LogP contribution in [-0.2, 0) is 9.47 Å². The first-order valence-electron chi connectivity index (χ1n) is 6.98. The Bertz CT molecular complexity index is 163. The molecule has 1 fully saturated rings. The fourth-order valence-corrected chi connectivity index (χ4v) is 2.30. The van der Waals surface area contributed by atoms with Crippen LogP contribution in [0, 0.1) is 0 Å². The topological polar surface area (TPSA) is 33.7 Å². The van der Waals surface area contributed by atoms with Crippen LogP contribution in [0.3, 0.4) is 0 Å². The monoisotopic (exact) mass is 244 g/mol. The van der Waals surface area contributed by atoms with E-state index in [1.165, 1.54) is 12.8 Å². The van der Waals surface area contributed by atoms with E-state index >= 15 is 0 Å². The highest BCUT2D eigenvalue weighted by atomic mass is 16.5. The number of hydrogen-bond acceptors (Lipinski definition) is 4.